The predicted molar refractivity (Wildman–Crippen MR) is 90.9 cm³/mol. The Hall–Kier alpha value is 0.720. The molecule has 0 saturated heterocycles. The normalized spacial score (nSPS) is 11.8. The van der Waals surface area contributed by atoms with Gasteiger partial charge in [-0.3, -0.25) is 4.79 Å². The molecule has 0 heterocycles. The molecule has 0 aliphatic rings. The predicted octanol–water partition coefficient (Wildman–Crippen LogP) is 5.44. The summed E-state index contributed by atoms with van der Waals surface area (Å²) >= 11 is 4.80. The van der Waals surface area contributed by atoms with Gasteiger partial charge in [0.2, 0.25) is 5.12 Å². The van der Waals surface area contributed by atoms with E-state index in [1.54, 1.807) is 23.5 Å². The van der Waals surface area contributed by atoms with Crippen molar-refractivity contribution in [2.24, 2.45) is 0 Å². The molecule has 1 nitrogen and oxygen atoms in total. The second kappa shape index (κ2) is 11.5. The Kier molecular flexibility index (Phi) is 12.0. The third kappa shape index (κ3) is 6.76. The van der Waals surface area contributed by atoms with Gasteiger partial charge in [0.15, 0.2) is 0 Å². The molecule has 0 rings (SSSR count). The van der Waals surface area contributed by atoms with Gasteiger partial charge >= 0.3 is 0 Å². The lowest BCUT2D eigenvalue weighted by molar-refractivity contribution is -0.111. The van der Waals surface area contributed by atoms with Gasteiger partial charge in [-0.25, -0.2) is 0 Å². The first-order valence-corrected chi connectivity index (χ1v) is 10.5. The molecule has 0 unspecified atom stereocenters. The lowest BCUT2D eigenvalue weighted by atomic mass is 10.1. The molecule has 0 N–H and O–H groups in total. The van der Waals surface area contributed by atoms with E-state index in [9.17, 15) is 4.79 Å². The Morgan fingerprint density at radius 1 is 0.889 bits per heavy atom. The van der Waals surface area contributed by atoms with Crippen LogP contribution in [-0.4, -0.2) is 28.0 Å². The quantitative estimate of drug-likeness (QED) is 0.373. The van der Waals surface area contributed by atoms with Crippen LogP contribution >= 0.6 is 35.3 Å². The molecule has 0 aromatic rings. The van der Waals surface area contributed by atoms with E-state index in [2.05, 4.69) is 19.4 Å². The Balaban J connectivity index is 3.88. The van der Waals surface area contributed by atoms with Crippen molar-refractivity contribution in [3.8, 4) is 0 Å². The van der Waals surface area contributed by atoms with Crippen molar-refractivity contribution in [1.29, 1.82) is 0 Å². The van der Waals surface area contributed by atoms with Gasteiger partial charge in [-0.15, -0.1) is 23.5 Å². The van der Waals surface area contributed by atoms with Gasteiger partial charge in [0.25, 0.3) is 0 Å². The highest BCUT2D eigenvalue weighted by Gasteiger charge is 2.35. The van der Waals surface area contributed by atoms with E-state index in [4.69, 9.17) is 0 Å². The molecule has 0 atom stereocenters. The molecule has 0 aliphatic carbocycles. The molecule has 0 aliphatic heterocycles. The van der Waals surface area contributed by atoms with E-state index in [1.165, 1.54) is 56.7 Å². The summed E-state index contributed by atoms with van der Waals surface area (Å²) in [6.07, 6.45) is 16.2. The van der Waals surface area contributed by atoms with Crippen LogP contribution in [0.3, 0.4) is 0 Å². The topological polar surface area (TPSA) is 17.1 Å². The van der Waals surface area contributed by atoms with E-state index in [1.807, 2.05) is 6.26 Å². The summed E-state index contributed by atoms with van der Waals surface area (Å²) in [5, 5.41) is 0.327. The van der Waals surface area contributed by atoms with Gasteiger partial charge in [0.1, 0.15) is 4.08 Å². The smallest absolute Gasteiger partial charge is 0.214 e. The average molecular weight is 309 g/mol. The molecule has 18 heavy (non-hydrogen) atoms. The molecular weight excluding hydrogens is 280 g/mol. The van der Waals surface area contributed by atoms with Crippen molar-refractivity contribution in [3.63, 3.8) is 0 Å². The first kappa shape index (κ1) is 18.7. The fourth-order valence-electron chi connectivity index (χ4n) is 2.03. The third-order valence-corrected chi connectivity index (χ3v) is 7.34. The Bertz CT molecular complexity index is 215. The largest absolute Gasteiger partial charge is 0.285 e. The molecule has 0 saturated carbocycles. The fourth-order valence-corrected chi connectivity index (χ4v) is 5.14. The van der Waals surface area contributed by atoms with Crippen molar-refractivity contribution >= 4 is 40.4 Å². The number of carbonyl (C=O) groups is 1. The van der Waals surface area contributed by atoms with Gasteiger partial charge in [-0.2, -0.15) is 0 Å². The maximum Gasteiger partial charge on any atom is 0.214 e. The number of rotatable bonds is 11. The van der Waals surface area contributed by atoms with Crippen LogP contribution in [0.5, 0.6) is 0 Å². The number of thioether (sulfide) groups is 3. The minimum Gasteiger partial charge on any atom is -0.285 e. The highest BCUT2D eigenvalue weighted by atomic mass is 32.2. The fraction of sp³-hybridized carbons (Fsp3) is 0.929. The van der Waals surface area contributed by atoms with E-state index in [-0.39, 0.29) is 4.08 Å². The average Bonchev–Trinajstić information content (AvgIpc) is 2.42. The second-order valence-electron chi connectivity index (χ2n) is 4.52. The SMILES string of the molecule is CCCCCCCCCC(SC)(SC)C(=O)SC. The minimum absolute atomic E-state index is 0.206. The number of carbonyl (C=O) groups excluding carboxylic acids is 1. The van der Waals surface area contributed by atoms with Crippen molar-refractivity contribution in [3.05, 3.63) is 0 Å². The first-order chi connectivity index (χ1) is 8.66. The van der Waals surface area contributed by atoms with E-state index >= 15 is 0 Å². The van der Waals surface area contributed by atoms with Crippen LogP contribution in [0.4, 0.5) is 0 Å². The highest BCUT2D eigenvalue weighted by Crippen LogP contribution is 2.42. The number of unbranched alkanes of at least 4 members (excludes halogenated alkanes) is 6. The molecule has 108 valence electrons. The Morgan fingerprint density at radius 3 is 1.83 bits per heavy atom. The zero-order chi connectivity index (χ0) is 13.9. The summed E-state index contributed by atoms with van der Waals surface area (Å²) in [5.74, 6) is 0. The van der Waals surface area contributed by atoms with Crippen LogP contribution in [-0.2, 0) is 4.79 Å². The van der Waals surface area contributed by atoms with Crippen LogP contribution in [0.2, 0.25) is 0 Å². The van der Waals surface area contributed by atoms with Crippen molar-refractivity contribution in [2.75, 3.05) is 18.8 Å². The van der Waals surface area contributed by atoms with E-state index in [0.717, 1.165) is 6.42 Å². The molecule has 0 aromatic carbocycles. The van der Waals surface area contributed by atoms with Crippen LogP contribution in [0.15, 0.2) is 0 Å². The second-order valence-corrected chi connectivity index (χ2v) is 7.77. The number of hydrogen-bond donors (Lipinski definition) is 0. The molecule has 0 bridgehead atoms. The van der Waals surface area contributed by atoms with Crippen molar-refractivity contribution in [2.45, 2.75) is 62.4 Å². The molecular formula is C14H28OS3. The zero-order valence-corrected chi connectivity index (χ0v) is 14.7. The summed E-state index contributed by atoms with van der Waals surface area (Å²) in [6, 6.07) is 0. The molecule has 0 radical (unpaired) electrons. The van der Waals surface area contributed by atoms with Crippen molar-refractivity contribution < 1.29 is 4.79 Å². The summed E-state index contributed by atoms with van der Waals surface area (Å²) < 4.78 is -0.206. The Morgan fingerprint density at radius 2 is 1.39 bits per heavy atom. The summed E-state index contributed by atoms with van der Waals surface area (Å²) in [7, 11) is 0. The van der Waals surface area contributed by atoms with E-state index < -0.39 is 0 Å². The van der Waals surface area contributed by atoms with Gasteiger partial charge in [0.05, 0.1) is 0 Å². The zero-order valence-electron chi connectivity index (χ0n) is 12.3. The highest BCUT2D eigenvalue weighted by molar-refractivity contribution is 8.24. The van der Waals surface area contributed by atoms with Gasteiger partial charge in [-0.05, 0) is 25.2 Å². The summed E-state index contributed by atoms with van der Waals surface area (Å²) in [6.45, 7) is 2.25. The van der Waals surface area contributed by atoms with E-state index in [0.29, 0.717) is 5.12 Å². The maximum absolute atomic E-state index is 12.0. The standard InChI is InChI=1S/C14H28OS3/c1-5-6-7-8-9-10-11-12-14(17-3,18-4)13(15)16-2/h5-12H2,1-4H3. The molecule has 0 aromatic heterocycles. The lowest BCUT2D eigenvalue weighted by Gasteiger charge is -2.27. The summed E-state index contributed by atoms with van der Waals surface area (Å²) in [4.78, 5) is 12.0. The van der Waals surface area contributed by atoms with Crippen LogP contribution in [0.1, 0.15) is 58.3 Å². The van der Waals surface area contributed by atoms with Crippen LogP contribution in [0.25, 0.3) is 0 Å². The lowest BCUT2D eigenvalue weighted by Crippen LogP contribution is -2.28. The van der Waals surface area contributed by atoms with Crippen LogP contribution < -0.4 is 0 Å². The van der Waals surface area contributed by atoms with Crippen molar-refractivity contribution in [1.82, 2.24) is 0 Å². The molecule has 0 amide bonds. The molecule has 4 heteroatoms. The third-order valence-electron chi connectivity index (χ3n) is 3.27. The van der Waals surface area contributed by atoms with Crippen LogP contribution in [0, 0.1) is 0 Å². The molecule has 0 fully saturated rings. The van der Waals surface area contributed by atoms with Gasteiger partial charge < -0.3 is 0 Å². The number of hydrogen-bond acceptors (Lipinski definition) is 4. The summed E-state index contributed by atoms with van der Waals surface area (Å²) in [5.41, 5.74) is 0. The van der Waals surface area contributed by atoms with Gasteiger partial charge in [-0.1, -0.05) is 63.6 Å². The monoisotopic (exact) mass is 308 g/mol. The maximum atomic E-state index is 12.0. The first-order valence-electron chi connectivity index (χ1n) is 6.85. The van der Waals surface area contributed by atoms with Gasteiger partial charge in [0, 0.05) is 0 Å². The minimum atomic E-state index is -0.206. The Labute approximate surface area is 126 Å². The molecule has 0 spiro atoms.